The molecule has 2 nitrogen and oxygen atoms in total. The van der Waals surface area contributed by atoms with Crippen LogP contribution < -0.4 is 0 Å². The molecule has 0 unspecified atom stereocenters. The first-order chi connectivity index (χ1) is 13.3. The van der Waals surface area contributed by atoms with Gasteiger partial charge in [-0.2, -0.15) is 0 Å². The molecule has 1 aliphatic carbocycles. The largest absolute Gasteiger partial charge is 0.396 e. The monoisotopic (exact) mass is 358 g/mol. The van der Waals surface area contributed by atoms with Gasteiger partial charge in [0.1, 0.15) is 5.60 Å². The Balaban J connectivity index is 1.77. The molecule has 3 aromatic rings. The van der Waals surface area contributed by atoms with E-state index in [9.17, 15) is 5.11 Å². The minimum absolute atomic E-state index is 0.289. The van der Waals surface area contributed by atoms with Gasteiger partial charge >= 0.3 is 0 Å². The third kappa shape index (κ3) is 3.55. The molecule has 4 rings (SSSR count). The van der Waals surface area contributed by atoms with E-state index in [1.54, 1.807) is 0 Å². The van der Waals surface area contributed by atoms with E-state index in [0.717, 1.165) is 29.5 Å². The van der Waals surface area contributed by atoms with Crippen LogP contribution in [0.2, 0.25) is 0 Å². The molecule has 0 atom stereocenters. The highest BCUT2D eigenvalue weighted by molar-refractivity contribution is 5.47. The Bertz CT molecular complexity index is 727. The van der Waals surface area contributed by atoms with Crippen molar-refractivity contribution >= 4 is 0 Å². The van der Waals surface area contributed by atoms with Crippen LogP contribution in [-0.2, 0) is 10.3 Å². The van der Waals surface area contributed by atoms with Crippen molar-refractivity contribution in [3.63, 3.8) is 0 Å². The molecular formula is C25H26O2. The highest BCUT2D eigenvalue weighted by Gasteiger charge is 2.39. The van der Waals surface area contributed by atoms with Crippen LogP contribution in [0.4, 0.5) is 0 Å². The molecule has 0 aromatic heterocycles. The van der Waals surface area contributed by atoms with Gasteiger partial charge in [-0.25, -0.2) is 0 Å². The highest BCUT2D eigenvalue weighted by Crippen LogP contribution is 2.42. The van der Waals surface area contributed by atoms with Crippen molar-refractivity contribution in [2.75, 3.05) is 13.2 Å². The van der Waals surface area contributed by atoms with E-state index in [1.165, 1.54) is 0 Å². The first-order valence-electron chi connectivity index (χ1n) is 9.74. The third-order valence-electron chi connectivity index (χ3n) is 5.67. The smallest absolute Gasteiger partial charge is 0.143 e. The first kappa shape index (κ1) is 18.0. The predicted molar refractivity (Wildman–Crippen MR) is 108 cm³/mol. The molecule has 0 bridgehead atoms. The van der Waals surface area contributed by atoms with Crippen LogP contribution in [0.15, 0.2) is 91.0 Å². The zero-order valence-electron chi connectivity index (χ0n) is 15.5. The zero-order chi connectivity index (χ0) is 18.5. The molecule has 1 N–H and O–H groups in total. The standard InChI is InChI=1S/C25H26O2/c26-18-20-16-21(17-20)19-27-25(22-10-4-1-5-11-22,23-12-6-2-7-13-23)24-14-8-3-9-15-24/h1-15,20-21,26H,16-19H2. The molecule has 2 heteroatoms. The molecular weight excluding hydrogens is 332 g/mol. The van der Waals surface area contributed by atoms with Gasteiger partial charge in [-0.3, -0.25) is 0 Å². The molecule has 0 amide bonds. The van der Waals surface area contributed by atoms with Gasteiger partial charge in [0, 0.05) is 6.61 Å². The van der Waals surface area contributed by atoms with Crippen LogP contribution in [0.25, 0.3) is 0 Å². The van der Waals surface area contributed by atoms with Gasteiger partial charge in [-0.05, 0) is 41.4 Å². The lowest BCUT2D eigenvalue weighted by Gasteiger charge is -2.40. The van der Waals surface area contributed by atoms with Crippen LogP contribution in [0.5, 0.6) is 0 Å². The number of aliphatic hydroxyl groups excluding tert-OH is 1. The number of hydrogen-bond acceptors (Lipinski definition) is 2. The molecule has 0 spiro atoms. The second-order valence-electron chi connectivity index (χ2n) is 7.48. The third-order valence-corrected chi connectivity index (χ3v) is 5.67. The van der Waals surface area contributed by atoms with E-state index in [2.05, 4.69) is 72.8 Å². The van der Waals surface area contributed by atoms with Gasteiger partial charge in [0.05, 0.1) is 6.61 Å². The Morgan fingerprint density at radius 2 is 1.07 bits per heavy atom. The van der Waals surface area contributed by atoms with E-state index in [0.29, 0.717) is 18.4 Å². The Morgan fingerprint density at radius 1 is 0.667 bits per heavy atom. The molecule has 27 heavy (non-hydrogen) atoms. The van der Waals surface area contributed by atoms with Crippen molar-refractivity contribution in [3.05, 3.63) is 108 Å². The maximum atomic E-state index is 9.33. The van der Waals surface area contributed by atoms with Gasteiger partial charge in [-0.1, -0.05) is 91.0 Å². The fraction of sp³-hybridized carbons (Fsp3) is 0.280. The highest BCUT2D eigenvalue weighted by atomic mass is 16.5. The molecule has 1 saturated carbocycles. The Labute approximate surface area is 161 Å². The summed E-state index contributed by atoms with van der Waals surface area (Å²) >= 11 is 0. The van der Waals surface area contributed by atoms with Crippen LogP contribution >= 0.6 is 0 Å². The molecule has 3 aromatic carbocycles. The number of hydrogen-bond donors (Lipinski definition) is 1. The SMILES string of the molecule is OCC1CC(COC(c2ccccc2)(c2ccccc2)c2ccccc2)C1. The fourth-order valence-corrected chi connectivity index (χ4v) is 4.17. The Kier molecular flexibility index (Phi) is 5.38. The Morgan fingerprint density at radius 3 is 1.44 bits per heavy atom. The maximum Gasteiger partial charge on any atom is 0.143 e. The van der Waals surface area contributed by atoms with E-state index in [4.69, 9.17) is 4.74 Å². The summed E-state index contributed by atoms with van der Waals surface area (Å²) < 4.78 is 6.80. The summed E-state index contributed by atoms with van der Waals surface area (Å²) in [5, 5.41) is 9.33. The number of benzene rings is 3. The zero-order valence-corrected chi connectivity index (χ0v) is 15.5. The van der Waals surface area contributed by atoms with E-state index < -0.39 is 5.60 Å². The number of ether oxygens (including phenoxy) is 1. The topological polar surface area (TPSA) is 29.5 Å². The number of aliphatic hydroxyl groups is 1. The molecule has 0 heterocycles. The molecule has 1 fully saturated rings. The minimum Gasteiger partial charge on any atom is -0.396 e. The molecule has 0 radical (unpaired) electrons. The van der Waals surface area contributed by atoms with Crippen molar-refractivity contribution < 1.29 is 9.84 Å². The van der Waals surface area contributed by atoms with Crippen LogP contribution in [0, 0.1) is 11.8 Å². The number of rotatable bonds is 7. The van der Waals surface area contributed by atoms with Crippen molar-refractivity contribution in [1.82, 2.24) is 0 Å². The lowest BCUT2D eigenvalue weighted by molar-refractivity contribution is -0.0417. The normalized spacial score (nSPS) is 19.4. The predicted octanol–water partition coefficient (Wildman–Crippen LogP) is 5.01. The van der Waals surface area contributed by atoms with Crippen molar-refractivity contribution in [2.45, 2.75) is 18.4 Å². The lowest BCUT2D eigenvalue weighted by atomic mass is 9.75. The summed E-state index contributed by atoms with van der Waals surface area (Å²) in [7, 11) is 0. The van der Waals surface area contributed by atoms with Crippen LogP contribution in [-0.4, -0.2) is 18.3 Å². The summed E-state index contributed by atoms with van der Waals surface area (Å²) in [4.78, 5) is 0. The summed E-state index contributed by atoms with van der Waals surface area (Å²) in [5.41, 5.74) is 2.79. The molecule has 0 aliphatic heterocycles. The van der Waals surface area contributed by atoms with Crippen LogP contribution in [0.3, 0.4) is 0 Å². The second-order valence-corrected chi connectivity index (χ2v) is 7.48. The maximum absolute atomic E-state index is 9.33. The Hall–Kier alpha value is -2.42. The van der Waals surface area contributed by atoms with Crippen LogP contribution in [0.1, 0.15) is 29.5 Å². The van der Waals surface area contributed by atoms with Gasteiger partial charge in [0.2, 0.25) is 0 Å². The average Bonchev–Trinajstić information content (AvgIpc) is 2.72. The molecule has 138 valence electrons. The minimum atomic E-state index is -0.631. The van der Waals surface area contributed by atoms with Crippen molar-refractivity contribution in [2.24, 2.45) is 11.8 Å². The van der Waals surface area contributed by atoms with E-state index in [1.807, 2.05) is 18.2 Å². The van der Waals surface area contributed by atoms with Gasteiger partial charge in [0.25, 0.3) is 0 Å². The lowest BCUT2D eigenvalue weighted by Crippen LogP contribution is -2.38. The second kappa shape index (κ2) is 8.08. The molecule has 0 saturated heterocycles. The van der Waals surface area contributed by atoms with Gasteiger partial charge in [-0.15, -0.1) is 0 Å². The summed E-state index contributed by atoms with van der Waals surface area (Å²) in [6.45, 7) is 0.979. The van der Waals surface area contributed by atoms with Crippen molar-refractivity contribution in [3.8, 4) is 0 Å². The first-order valence-corrected chi connectivity index (χ1v) is 9.74. The van der Waals surface area contributed by atoms with Gasteiger partial charge < -0.3 is 9.84 Å². The quantitative estimate of drug-likeness (QED) is 0.601. The summed E-state index contributed by atoms with van der Waals surface area (Å²) in [6, 6.07) is 31.5. The summed E-state index contributed by atoms with van der Waals surface area (Å²) in [6.07, 6.45) is 2.09. The molecule has 1 aliphatic rings. The van der Waals surface area contributed by atoms with E-state index in [-0.39, 0.29) is 6.61 Å². The van der Waals surface area contributed by atoms with Crippen molar-refractivity contribution in [1.29, 1.82) is 0 Å². The fourth-order valence-electron chi connectivity index (χ4n) is 4.17. The average molecular weight is 358 g/mol. The van der Waals surface area contributed by atoms with E-state index >= 15 is 0 Å². The van der Waals surface area contributed by atoms with Gasteiger partial charge in [0.15, 0.2) is 0 Å². The summed E-state index contributed by atoms with van der Waals surface area (Å²) in [5.74, 6) is 0.954.